The molecule has 1 amide bonds. The van der Waals surface area contributed by atoms with Crippen LogP contribution in [0.3, 0.4) is 0 Å². The molecule has 1 rings (SSSR count). The van der Waals surface area contributed by atoms with E-state index in [4.69, 9.17) is 5.73 Å². The van der Waals surface area contributed by atoms with Crippen molar-refractivity contribution in [1.29, 1.82) is 0 Å². The molecule has 0 aromatic carbocycles. The third-order valence-electron chi connectivity index (χ3n) is 2.65. The lowest BCUT2D eigenvalue weighted by Crippen LogP contribution is -2.40. The molecule has 0 spiro atoms. The zero-order valence-electron chi connectivity index (χ0n) is 10.1. The summed E-state index contributed by atoms with van der Waals surface area (Å²) < 4.78 is 0. The number of pyridine rings is 1. The first-order valence-electron chi connectivity index (χ1n) is 5.38. The SMILES string of the molecule is CN(C(=O)C(C)(C)CCN)c1ccccn1. The van der Waals surface area contributed by atoms with Crippen LogP contribution < -0.4 is 10.6 Å². The van der Waals surface area contributed by atoms with Crippen LogP contribution in [0.1, 0.15) is 20.3 Å². The first kappa shape index (κ1) is 12.6. The summed E-state index contributed by atoms with van der Waals surface area (Å²) in [6.45, 7) is 4.32. The Bertz CT molecular complexity index is 349. The molecule has 0 radical (unpaired) electrons. The quantitative estimate of drug-likeness (QED) is 0.836. The van der Waals surface area contributed by atoms with E-state index in [1.165, 1.54) is 0 Å². The fourth-order valence-electron chi connectivity index (χ4n) is 1.58. The van der Waals surface area contributed by atoms with Gasteiger partial charge in [-0.15, -0.1) is 0 Å². The Hall–Kier alpha value is -1.42. The van der Waals surface area contributed by atoms with Crippen LogP contribution in [0.25, 0.3) is 0 Å². The molecule has 0 saturated heterocycles. The Morgan fingerprint density at radius 2 is 2.19 bits per heavy atom. The van der Waals surface area contributed by atoms with Gasteiger partial charge in [-0.2, -0.15) is 0 Å². The molecule has 0 fully saturated rings. The third kappa shape index (κ3) is 2.79. The molecule has 2 N–H and O–H groups in total. The molecule has 1 aromatic rings. The minimum atomic E-state index is -0.443. The number of amides is 1. The molecule has 1 heterocycles. The maximum atomic E-state index is 12.2. The van der Waals surface area contributed by atoms with Gasteiger partial charge in [-0.05, 0) is 25.1 Å². The topological polar surface area (TPSA) is 59.2 Å². The van der Waals surface area contributed by atoms with Crippen LogP contribution in [0, 0.1) is 5.41 Å². The molecule has 0 atom stereocenters. The first-order valence-corrected chi connectivity index (χ1v) is 5.38. The normalized spacial score (nSPS) is 11.2. The van der Waals surface area contributed by atoms with E-state index >= 15 is 0 Å². The Morgan fingerprint density at radius 1 is 1.50 bits per heavy atom. The Labute approximate surface area is 96.5 Å². The summed E-state index contributed by atoms with van der Waals surface area (Å²) in [5, 5.41) is 0. The molecule has 88 valence electrons. The van der Waals surface area contributed by atoms with Gasteiger partial charge in [0.2, 0.25) is 5.91 Å². The third-order valence-corrected chi connectivity index (χ3v) is 2.65. The second kappa shape index (κ2) is 5.07. The lowest BCUT2D eigenvalue weighted by molar-refractivity contribution is -0.126. The van der Waals surface area contributed by atoms with Crippen LogP contribution in [0.5, 0.6) is 0 Å². The van der Waals surface area contributed by atoms with Crippen molar-refractivity contribution in [2.24, 2.45) is 11.1 Å². The van der Waals surface area contributed by atoms with E-state index in [2.05, 4.69) is 4.98 Å². The monoisotopic (exact) mass is 221 g/mol. The number of nitrogens with zero attached hydrogens (tertiary/aromatic N) is 2. The van der Waals surface area contributed by atoms with Gasteiger partial charge in [0.25, 0.3) is 0 Å². The van der Waals surface area contributed by atoms with E-state index in [9.17, 15) is 4.79 Å². The Kier molecular flexibility index (Phi) is 4.01. The van der Waals surface area contributed by atoms with Crippen molar-refractivity contribution in [2.45, 2.75) is 20.3 Å². The Balaban J connectivity index is 2.82. The lowest BCUT2D eigenvalue weighted by atomic mass is 9.88. The maximum absolute atomic E-state index is 12.2. The van der Waals surface area contributed by atoms with Crippen molar-refractivity contribution in [3.05, 3.63) is 24.4 Å². The van der Waals surface area contributed by atoms with Gasteiger partial charge in [0.05, 0.1) is 0 Å². The van der Waals surface area contributed by atoms with Gasteiger partial charge in [0.15, 0.2) is 0 Å². The van der Waals surface area contributed by atoms with Gasteiger partial charge in [-0.1, -0.05) is 19.9 Å². The smallest absolute Gasteiger partial charge is 0.233 e. The van der Waals surface area contributed by atoms with Crippen LogP contribution in [-0.4, -0.2) is 24.5 Å². The minimum Gasteiger partial charge on any atom is -0.330 e. The van der Waals surface area contributed by atoms with Crippen molar-refractivity contribution in [3.63, 3.8) is 0 Å². The highest BCUT2D eigenvalue weighted by molar-refractivity contribution is 5.95. The summed E-state index contributed by atoms with van der Waals surface area (Å²) in [4.78, 5) is 17.9. The molecular formula is C12H19N3O. The molecule has 0 unspecified atom stereocenters. The van der Waals surface area contributed by atoms with E-state index in [-0.39, 0.29) is 5.91 Å². The second-order valence-electron chi connectivity index (χ2n) is 4.47. The number of rotatable bonds is 4. The molecule has 0 saturated carbocycles. The van der Waals surface area contributed by atoms with Gasteiger partial charge in [-0.25, -0.2) is 4.98 Å². The van der Waals surface area contributed by atoms with Gasteiger partial charge in [0, 0.05) is 18.7 Å². The van der Waals surface area contributed by atoms with Gasteiger partial charge in [0.1, 0.15) is 5.82 Å². The van der Waals surface area contributed by atoms with E-state index < -0.39 is 5.41 Å². The highest BCUT2D eigenvalue weighted by atomic mass is 16.2. The summed E-state index contributed by atoms with van der Waals surface area (Å²) in [6.07, 6.45) is 2.35. The molecule has 0 aliphatic rings. The van der Waals surface area contributed by atoms with E-state index in [0.29, 0.717) is 18.8 Å². The van der Waals surface area contributed by atoms with Crippen molar-refractivity contribution >= 4 is 11.7 Å². The number of carbonyl (C=O) groups excluding carboxylic acids is 1. The number of anilines is 1. The fourth-order valence-corrected chi connectivity index (χ4v) is 1.58. The highest BCUT2D eigenvalue weighted by Gasteiger charge is 2.30. The molecular weight excluding hydrogens is 202 g/mol. The highest BCUT2D eigenvalue weighted by Crippen LogP contribution is 2.24. The van der Waals surface area contributed by atoms with E-state index in [1.54, 1.807) is 18.1 Å². The van der Waals surface area contributed by atoms with E-state index in [0.717, 1.165) is 0 Å². The molecule has 0 bridgehead atoms. The van der Waals surface area contributed by atoms with E-state index in [1.807, 2.05) is 32.0 Å². The zero-order valence-corrected chi connectivity index (χ0v) is 10.1. The van der Waals surface area contributed by atoms with Crippen molar-refractivity contribution < 1.29 is 4.79 Å². The predicted octanol–water partition coefficient (Wildman–Crippen LogP) is 1.42. The van der Waals surface area contributed by atoms with Crippen LogP contribution in [-0.2, 0) is 4.79 Å². The molecule has 1 aromatic heterocycles. The van der Waals surface area contributed by atoms with Gasteiger partial charge < -0.3 is 5.73 Å². The Morgan fingerprint density at radius 3 is 2.69 bits per heavy atom. The minimum absolute atomic E-state index is 0.0386. The molecule has 0 aliphatic heterocycles. The van der Waals surface area contributed by atoms with Crippen LogP contribution in [0.15, 0.2) is 24.4 Å². The standard InChI is InChI=1S/C12H19N3O/c1-12(2,7-8-13)11(16)15(3)10-6-4-5-9-14-10/h4-6,9H,7-8,13H2,1-3H3. The van der Waals surface area contributed by atoms with Gasteiger partial charge in [-0.3, -0.25) is 9.69 Å². The summed E-state index contributed by atoms with van der Waals surface area (Å²) in [6, 6.07) is 5.51. The summed E-state index contributed by atoms with van der Waals surface area (Å²) in [5.41, 5.74) is 5.06. The van der Waals surface area contributed by atoms with Crippen molar-refractivity contribution in [2.75, 3.05) is 18.5 Å². The molecule has 4 heteroatoms. The second-order valence-corrected chi connectivity index (χ2v) is 4.47. The zero-order chi connectivity index (χ0) is 12.2. The molecule has 16 heavy (non-hydrogen) atoms. The molecule has 0 aliphatic carbocycles. The van der Waals surface area contributed by atoms with Crippen LogP contribution in [0.2, 0.25) is 0 Å². The summed E-state index contributed by atoms with van der Waals surface area (Å²) >= 11 is 0. The summed E-state index contributed by atoms with van der Waals surface area (Å²) in [7, 11) is 1.74. The number of carbonyl (C=O) groups is 1. The van der Waals surface area contributed by atoms with Crippen molar-refractivity contribution in [3.8, 4) is 0 Å². The summed E-state index contributed by atoms with van der Waals surface area (Å²) in [5.74, 6) is 0.703. The predicted molar refractivity (Wildman–Crippen MR) is 65.1 cm³/mol. The van der Waals surface area contributed by atoms with Crippen LogP contribution in [0.4, 0.5) is 5.82 Å². The average molecular weight is 221 g/mol. The number of aromatic nitrogens is 1. The first-order chi connectivity index (χ1) is 7.49. The van der Waals surface area contributed by atoms with Crippen molar-refractivity contribution in [1.82, 2.24) is 4.98 Å². The van der Waals surface area contributed by atoms with Crippen LogP contribution >= 0.6 is 0 Å². The fraction of sp³-hybridized carbons (Fsp3) is 0.500. The maximum Gasteiger partial charge on any atom is 0.233 e. The lowest BCUT2D eigenvalue weighted by Gasteiger charge is -2.28. The average Bonchev–Trinajstić information content (AvgIpc) is 2.28. The number of nitrogens with two attached hydrogens (primary N) is 1. The largest absolute Gasteiger partial charge is 0.330 e. The number of hydrogen-bond donors (Lipinski definition) is 1. The number of hydrogen-bond acceptors (Lipinski definition) is 3. The van der Waals surface area contributed by atoms with Gasteiger partial charge >= 0.3 is 0 Å². The molecule has 4 nitrogen and oxygen atoms in total.